The predicted octanol–water partition coefficient (Wildman–Crippen LogP) is 0.355. The lowest BCUT2D eigenvalue weighted by Gasteiger charge is -2.38. The number of rotatable bonds is 5. The number of nitrogens with zero attached hydrogens (tertiary/aromatic N) is 2. The zero-order chi connectivity index (χ0) is 32.8. The molecule has 0 radical (unpaired) electrons. The number of H-pyrrole nitrogens is 1. The van der Waals surface area contributed by atoms with E-state index in [-0.39, 0.29) is 31.2 Å². The molecule has 3 saturated heterocycles. The van der Waals surface area contributed by atoms with E-state index in [0.29, 0.717) is 32.2 Å². The summed E-state index contributed by atoms with van der Waals surface area (Å²) in [6.07, 6.45) is 1.34. The van der Waals surface area contributed by atoms with Gasteiger partial charge in [0.2, 0.25) is 23.6 Å². The number of aromatic nitrogens is 1. The Labute approximate surface area is 268 Å². The summed E-state index contributed by atoms with van der Waals surface area (Å²) in [5.41, 5.74) is 1.05. The number of aliphatic hydroxyl groups excluding tert-OH is 1. The van der Waals surface area contributed by atoms with Crippen LogP contribution in [-0.2, 0) is 30.3 Å². The number of hydrogen-bond acceptors (Lipinski definition) is 7. The van der Waals surface area contributed by atoms with Gasteiger partial charge in [-0.1, -0.05) is 44.2 Å². The van der Waals surface area contributed by atoms with E-state index in [9.17, 15) is 29.1 Å². The average Bonchev–Trinajstić information content (AvgIpc) is 3.74. The molecule has 3 aliphatic rings. The maximum absolute atomic E-state index is 14.1. The Hall–Kier alpha value is -4.23. The van der Waals surface area contributed by atoms with Crippen LogP contribution in [0.4, 0.5) is 0 Å². The van der Waals surface area contributed by atoms with Crippen LogP contribution < -0.4 is 16.0 Å². The molecular formula is C33H44N6O7. The summed E-state index contributed by atoms with van der Waals surface area (Å²) in [5, 5.41) is 19.9. The number of amides is 5. The highest BCUT2D eigenvalue weighted by molar-refractivity contribution is 5.97. The summed E-state index contributed by atoms with van der Waals surface area (Å²) >= 11 is 0. The Morgan fingerprint density at radius 2 is 1.76 bits per heavy atom. The Morgan fingerprint density at radius 3 is 2.48 bits per heavy atom. The Balaban J connectivity index is 1.50. The molecule has 3 fully saturated rings. The number of aromatic amines is 1. The van der Waals surface area contributed by atoms with E-state index in [1.165, 1.54) is 9.80 Å². The first kappa shape index (κ1) is 33.1. The van der Waals surface area contributed by atoms with Gasteiger partial charge in [-0.05, 0) is 49.3 Å². The molecule has 6 atom stereocenters. The van der Waals surface area contributed by atoms with E-state index >= 15 is 0 Å². The number of carbonyl (C=O) groups is 5. The van der Waals surface area contributed by atoms with Crippen molar-refractivity contribution in [2.45, 2.75) is 82.3 Å². The number of aliphatic hydroxyl groups is 1. The third kappa shape index (κ3) is 7.94. The topological polar surface area (TPSA) is 173 Å². The standard InChI is InChI=1S/C33H44N6O7/c1-20(2)16-24-30(42)36-22-12-15-46-27(29(22)41)18-38(32(44)23-10-6-13-34-23)19-28(40)35-25(17-21-8-4-3-5-9-21)33(45)39-14-7-11-26(39)31(43)37-24/h3-6,8-10,13,20,22,24-27,29,34,41H,7,11-12,14-19H2,1-2H3,(H,35,40)(H,36,42)(H,37,43)/t22-,24+,25-,26+,27+,29-/m0/s1. The zero-order valence-corrected chi connectivity index (χ0v) is 26.3. The number of fused-ring (bicyclic) bond motifs is 3. The number of ether oxygens (including phenoxy) is 1. The molecule has 5 amide bonds. The van der Waals surface area contributed by atoms with Gasteiger partial charge >= 0.3 is 0 Å². The Morgan fingerprint density at radius 1 is 0.978 bits per heavy atom. The number of carbonyl (C=O) groups excluding carboxylic acids is 5. The quantitative estimate of drug-likeness (QED) is 0.315. The largest absolute Gasteiger partial charge is 0.388 e. The minimum Gasteiger partial charge on any atom is -0.388 e. The van der Waals surface area contributed by atoms with Crippen LogP contribution in [0.2, 0.25) is 0 Å². The lowest BCUT2D eigenvalue weighted by atomic mass is 9.97. The molecule has 5 N–H and O–H groups in total. The van der Waals surface area contributed by atoms with Gasteiger partial charge in [0.15, 0.2) is 0 Å². The Kier molecular flexibility index (Phi) is 10.7. The third-order valence-electron chi connectivity index (χ3n) is 8.83. The van der Waals surface area contributed by atoms with E-state index in [1.807, 2.05) is 44.2 Å². The van der Waals surface area contributed by atoms with Gasteiger partial charge in [-0.15, -0.1) is 0 Å². The van der Waals surface area contributed by atoms with Crippen LogP contribution in [0.25, 0.3) is 0 Å². The summed E-state index contributed by atoms with van der Waals surface area (Å²) in [7, 11) is 0. The van der Waals surface area contributed by atoms with Gasteiger partial charge in [0.1, 0.15) is 42.6 Å². The summed E-state index contributed by atoms with van der Waals surface area (Å²) in [6, 6.07) is 9.05. The van der Waals surface area contributed by atoms with Crippen LogP contribution in [0, 0.1) is 5.92 Å². The summed E-state index contributed by atoms with van der Waals surface area (Å²) in [5.74, 6) is -2.29. The summed E-state index contributed by atoms with van der Waals surface area (Å²) in [6.45, 7) is 3.86. The van der Waals surface area contributed by atoms with Crippen molar-refractivity contribution >= 4 is 29.5 Å². The molecule has 1 aromatic heterocycles. The summed E-state index contributed by atoms with van der Waals surface area (Å²) < 4.78 is 5.86. The second kappa shape index (κ2) is 14.9. The highest BCUT2D eigenvalue weighted by Crippen LogP contribution is 2.22. The van der Waals surface area contributed by atoms with Gasteiger partial charge in [-0.2, -0.15) is 0 Å². The maximum atomic E-state index is 14.1. The molecule has 0 saturated carbocycles. The molecule has 3 aliphatic heterocycles. The van der Waals surface area contributed by atoms with E-state index in [2.05, 4.69) is 20.9 Å². The van der Waals surface area contributed by atoms with Gasteiger partial charge in [0.05, 0.1) is 12.6 Å². The fraction of sp³-hybridized carbons (Fsp3) is 0.545. The van der Waals surface area contributed by atoms with E-state index in [1.54, 1.807) is 18.3 Å². The van der Waals surface area contributed by atoms with Crippen LogP contribution in [0.3, 0.4) is 0 Å². The molecule has 0 aliphatic carbocycles. The third-order valence-corrected chi connectivity index (χ3v) is 8.83. The number of hydrogen-bond donors (Lipinski definition) is 5. The number of nitrogens with one attached hydrogen (secondary N) is 4. The monoisotopic (exact) mass is 636 g/mol. The molecule has 2 bridgehead atoms. The smallest absolute Gasteiger partial charge is 0.270 e. The summed E-state index contributed by atoms with van der Waals surface area (Å²) in [4.78, 5) is 74.2. The minimum absolute atomic E-state index is 0.0665. The van der Waals surface area contributed by atoms with Crippen LogP contribution in [-0.4, -0.2) is 112 Å². The molecule has 0 unspecified atom stereocenters. The average molecular weight is 637 g/mol. The van der Waals surface area contributed by atoms with Gasteiger partial charge in [0, 0.05) is 25.8 Å². The fourth-order valence-electron chi connectivity index (χ4n) is 6.48. The van der Waals surface area contributed by atoms with E-state index in [4.69, 9.17) is 4.74 Å². The molecular weight excluding hydrogens is 592 g/mol. The van der Waals surface area contributed by atoms with Gasteiger partial charge in [-0.3, -0.25) is 24.0 Å². The van der Waals surface area contributed by atoms with Crippen molar-refractivity contribution in [3.63, 3.8) is 0 Å². The van der Waals surface area contributed by atoms with Crippen molar-refractivity contribution < 1.29 is 33.8 Å². The molecule has 2 aromatic rings. The van der Waals surface area contributed by atoms with Crippen LogP contribution in [0.1, 0.15) is 55.6 Å². The minimum atomic E-state index is -1.19. The van der Waals surface area contributed by atoms with Crippen molar-refractivity contribution in [2.75, 3.05) is 26.2 Å². The van der Waals surface area contributed by atoms with Crippen molar-refractivity contribution in [3.05, 3.63) is 59.9 Å². The highest BCUT2D eigenvalue weighted by atomic mass is 16.5. The van der Waals surface area contributed by atoms with Crippen LogP contribution in [0.5, 0.6) is 0 Å². The lowest BCUT2D eigenvalue weighted by molar-refractivity contribution is -0.142. The normalized spacial score (nSPS) is 28.3. The molecule has 13 nitrogen and oxygen atoms in total. The first-order valence-corrected chi connectivity index (χ1v) is 16.1. The van der Waals surface area contributed by atoms with Crippen LogP contribution in [0.15, 0.2) is 48.7 Å². The molecule has 13 heteroatoms. The second-order valence-corrected chi connectivity index (χ2v) is 12.8. The first-order valence-electron chi connectivity index (χ1n) is 16.1. The fourth-order valence-corrected chi connectivity index (χ4v) is 6.48. The second-order valence-electron chi connectivity index (χ2n) is 12.8. The number of benzene rings is 1. The highest BCUT2D eigenvalue weighted by Gasteiger charge is 2.41. The van der Waals surface area contributed by atoms with Crippen molar-refractivity contribution in [1.29, 1.82) is 0 Å². The van der Waals surface area contributed by atoms with Crippen molar-refractivity contribution in [2.24, 2.45) is 5.92 Å². The molecule has 4 heterocycles. The molecule has 5 rings (SSSR count). The van der Waals surface area contributed by atoms with E-state index < -0.39 is 72.5 Å². The van der Waals surface area contributed by atoms with E-state index in [0.717, 1.165) is 5.56 Å². The maximum Gasteiger partial charge on any atom is 0.270 e. The Bertz CT molecular complexity index is 1380. The van der Waals surface area contributed by atoms with Crippen LogP contribution >= 0.6 is 0 Å². The molecule has 1 aromatic carbocycles. The predicted molar refractivity (Wildman–Crippen MR) is 167 cm³/mol. The lowest BCUT2D eigenvalue weighted by Crippen LogP contribution is -2.60. The van der Waals surface area contributed by atoms with Gasteiger partial charge in [0.25, 0.3) is 5.91 Å². The van der Waals surface area contributed by atoms with Crippen molar-refractivity contribution in [3.8, 4) is 0 Å². The van der Waals surface area contributed by atoms with Gasteiger partial charge in [-0.25, -0.2) is 0 Å². The SMILES string of the molecule is CC(C)C[C@H]1NC(=O)[C@H]2CCCN2C(=O)[C@H](Cc2ccccc2)NC(=O)CN(C(=O)c2ccc[nH]2)C[C@H]2OCC[C@H](NC1=O)[C@@H]2O. The first-order chi connectivity index (χ1) is 22.1. The van der Waals surface area contributed by atoms with Gasteiger partial charge < -0.3 is 40.6 Å². The molecule has 248 valence electrons. The molecule has 46 heavy (non-hydrogen) atoms. The molecule has 0 spiro atoms. The van der Waals surface area contributed by atoms with Crippen molar-refractivity contribution in [1.82, 2.24) is 30.7 Å². The zero-order valence-electron chi connectivity index (χ0n) is 26.3.